The van der Waals surface area contributed by atoms with E-state index in [4.69, 9.17) is 30.2 Å². The number of azide groups is 1. The van der Waals surface area contributed by atoms with Gasteiger partial charge in [-0.05, 0) is 17.9 Å². The zero-order valence-electron chi connectivity index (χ0n) is 16.8. The first-order valence-electron chi connectivity index (χ1n) is 9.40. The third-order valence-corrected chi connectivity index (χ3v) is 3.26. The molecule has 0 bridgehead atoms. The minimum absolute atomic E-state index is 0.154. The van der Waals surface area contributed by atoms with Crippen molar-refractivity contribution < 1.29 is 28.5 Å². The maximum absolute atomic E-state index is 11.7. The molecule has 0 aliphatic heterocycles. The SMILES string of the molecule is CC(C)COC(=O)C(N)CCC(=O)NCCOCCOCCOCCN=[N+]=[N-]. The zero-order chi connectivity index (χ0) is 21.0. The number of hydrogen-bond acceptors (Lipinski definition) is 8. The number of esters is 1. The summed E-state index contributed by atoms with van der Waals surface area (Å²) in [4.78, 5) is 25.9. The first-order chi connectivity index (χ1) is 13.5. The number of amides is 1. The summed E-state index contributed by atoms with van der Waals surface area (Å²) >= 11 is 0. The lowest BCUT2D eigenvalue weighted by Gasteiger charge is -2.13. The Morgan fingerprint density at radius 2 is 1.68 bits per heavy atom. The average molecular weight is 403 g/mol. The molecule has 1 unspecified atom stereocenters. The van der Waals surface area contributed by atoms with Gasteiger partial charge in [0.05, 0.1) is 46.2 Å². The Hall–Kier alpha value is -1.91. The normalized spacial score (nSPS) is 11.7. The number of ether oxygens (including phenoxy) is 4. The number of hydrogen-bond donors (Lipinski definition) is 2. The predicted molar refractivity (Wildman–Crippen MR) is 102 cm³/mol. The number of carbonyl (C=O) groups is 2. The van der Waals surface area contributed by atoms with Crippen LogP contribution in [0, 0.1) is 5.92 Å². The molecule has 0 fully saturated rings. The van der Waals surface area contributed by atoms with Gasteiger partial charge in [-0.1, -0.05) is 19.0 Å². The van der Waals surface area contributed by atoms with E-state index in [9.17, 15) is 9.59 Å². The molecular weight excluding hydrogens is 370 g/mol. The van der Waals surface area contributed by atoms with E-state index in [1.54, 1.807) is 0 Å². The van der Waals surface area contributed by atoms with Gasteiger partial charge in [0.15, 0.2) is 0 Å². The second-order valence-corrected chi connectivity index (χ2v) is 6.31. The van der Waals surface area contributed by atoms with Crippen LogP contribution in [-0.4, -0.2) is 77.3 Å². The van der Waals surface area contributed by atoms with Crippen LogP contribution in [0.3, 0.4) is 0 Å². The first kappa shape index (κ1) is 26.1. The molecule has 0 aromatic rings. The molecule has 0 saturated carbocycles. The van der Waals surface area contributed by atoms with Crippen LogP contribution in [0.2, 0.25) is 0 Å². The summed E-state index contributed by atoms with van der Waals surface area (Å²) in [5.41, 5.74) is 13.8. The molecule has 11 nitrogen and oxygen atoms in total. The summed E-state index contributed by atoms with van der Waals surface area (Å²) in [5.74, 6) is -0.427. The first-order valence-corrected chi connectivity index (χ1v) is 9.40. The molecule has 28 heavy (non-hydrogen) atoms. The van der Waals surface area contributed by atoms with Crippen LogP contribution in [0.1, 0.15) is 26.7 Å². The van der Waals surface area contributed by atoms with E-state index in [2.05, 4.69) is 15.3 Å². The van der Waals surface area contributed by atoms with Crippen molar-refractivity contribution in [1.82, 2.24) is 5.32 Å². The van der Waals surface area contributed by atoms with E-state index in [-0.39, 0.29) is 24.7 Å². The average Bonchev–Trinajstić information content (AvgIpc) is 2.67. The number of nitrogens with zero attached hydrogens (tertiary/aromatic N) is 3. The Bertz CT molecular complexity index is 471. The van der Waals surface area contributed by atoms with Gasteiger partial charge in [0.1, 0.15) is 6.04 Å². The number of carbonyl (C=O) groups excluding carboxylic acids is 2. The summed E-state index contributed by atoms with van der Waals surface area (Å²) in [6.45, 7) is 7.27. The van der Waals surface area contributed by atoms with Crippen molar-refractivity contribution in [2.24, 2.45) is 16.8 Å². The summed E-state index contributed by atoms with van der Waals surface area (Å²) < 4.78 is 20.8. The topological polar surface area (TPSA) is 158 Å². The second kappa shape index (κ2) is 18.5. The van der Waals surface area contributed by atoms with E-state index in [0.29, 0.717) is 59.3 Å². The van der Waals surface area contributed by atoms with Crippen LogP contribution >= 0.6 is 0 Å². The molecule has 0 saturated heterocycles. The molecule has 0 spiro atoms. The lowest BCUT2D eigenvalue weighted by atomic mass is 10.1. The highest BCUT2D eigenvalue weighted by Crippen LogP contribution is 2.00. The molecule has 1 atom stereocenters. The largest absolute Gasteiger partial charge is 0.464 e. The van der Waals surface area contributed by atoms with Gasteiger partial charge in [0.2, 0.25) is 5.91 Å². The van der Waals surface area contributed by atoms with Gasteiger partial charge < -0.3 is 30.0 Å². The van der Waals surface area contributed by atoms with Crippen molar-refractivity contribution in [3.63, 3.8) is 0 Å². The third-order valence-electron chi connectivity index (χ3n) is 3.26. The summed E-state index contributed by atoms with van der Waals surface area (Å²) in [6, 6.07) is -0.791. The standard InChI is InChI=1S/C17H33N5O6/c1-14(2)13-28-17(24)15(18)3-4-16(23)20-5-7-25-9-11-27-12-10-26-8-6-21-22-19/h14-15H,3-13,18H2,1-2H3,(H,20,23). The van der Waals surface area contributed by atoms with Gasteiger partial charge in [0, 0.05) is 24.4 Å². The Labute approximate surface area is 165 Å². The minimum Gasteiger partial charge on any atom is -0.464 e. The Morgan fingerprint density at radius 3 is 2.29 bits per heavy atom. The fraction of sp³-hybridized carbons (Fsp3) is 0.882. The highest BCUT2D eigenvalue weighted by atomic mass is 16.5. The van der Waals surface area contributed by atoms with Crippen molar-refractivity contribution in [2.75, 3.05) is 59.3 Å². The van der Waals surface area contributed by atoms with Crippen LogP contribution < -0.4 is 11.1 Å². The Kier molecular flexibility index (Phi) is 17.2. The molecule has 0 aliphatic carbocycles. The van der Waals surface area contributed by atoms with Crippen molar-refractivity contribution >= 4 is 11.9 Å². The van der Waals surface area contributed by atoms with E-state index < -0.39 is 12.0 Å². The van der Waals surface area contributed by atoms with Crippen LogP contribution in [0.5, 0.6) is 0 Å². The Balaban J connectivity index is 3.43. The fourth-order valence-corrected chi connectivity index (χ4v) is 1.80. The highest BCUT2D eigenvalue weighted by molar-refractivity contribution is 5.79. The zero-order valence-corrected chi connectivity index (χ0v) is 16.8. The lowest BCUT2D eigenvalue weighted by molar-refractivity contribution is -0.146. The lowest BCUT2D eigenvalue weighted by Crippen LogP contribution is -2.35. The molecule has 162 valence electrons. The highest BCUT2D eigenvalue weighted by Gasteiger charge is 2.16. The molecule has 0 radical (unpaired) electrons. The van der Waals surface area contributed by atoms with Crippen molar-refractivity contribution in [1.29, 1.82) is 0 Å². The van der Waals surface area contributed by atoms with Gasteiger partial charge in [-0.25, -0.2) is 0 Å². The van der Waals surface area contributed by atoms with Crippen LogP contribution in [0.25, 0.3) is 10.4 Å². The molecule has 0 aromatic carbocycles. The summed E-state index contributed by atoms with van der Waals surface area (Å²) in [6.07, 6.45) is 0.392. The number of rotatable bonds is 18. The molecule has 0 heterocycles. The molecule has 1 amide bonds. The molecule has 0 rings (SSSR count). The van der Waals surface area contributed by atoms with Crippen molar-refractivity contribution in [2.45, 2.75) is 32.7 Å². The second-order valence-electron chi connectivity index (χ2n) is 6.31. The van der Waals surface area contributed by atoms with E-state index >= 15 is 0 Å². The maximum atomic E-state index is 11.7. The van der Waals surface area contributed by atoms with Crippen LogP contribution in [0.15, 0.2) is 5.11 Å². The van der Waals surface area contributed by atoms with E-state index in [1.165, 1.54) is 0 Å². The van der Waals surface area contributed by atoms with E-state index in [0.717, 1.165) is 0 Å². The summed E-state index contributed by atoms with van der Waals surface area (Å²) in [5, 5.41) is 6.03. The molecule has 11 heteroatoms. The smallest absolute Gasteiger partial charge is 0.322 e. The fourth-order valence-electron chi connectivity index (χ4n) is 1.80. The van der Waals surface area contributed by atoms with Gasteiger partial charge in [-0.2, -0.15) is 0 Å². The van der Waals surface area contributed by atoms with Gasteiger partial charge in [0.25, 0.3) is 0 Å². The van der Waals surface area contributed by atoms with Gasteiger partial charge in [-0.3, -0.25) is 9.59 Å². The van der Waals surface area contributed by atoms with Crippen LogP contribution in [-0.2, 0) is 28.5 Å². The molecule has 0 aromatic heterocycles. The van der Waals surface area contributed by atoms with Crippen molar-refractivity contribution in [3.8, 4) is 0 Å². The number of nitrogens with two attached hydrogens (primary N) is 1. The number of nitrogens with one attached hydrogen (secondary N) is 1. The Morgan fingerprint density at radius 1 is 1.07 bits per heavy atom. The third kappa shape index (κ3) is 17.5. The summed E-state index contributed by atoms with van der Waals surface area (Å²) in [7, 11) is 0. The quantitative estimate of drug-likeness (QED) is 0.112. The monoisotopic (exact) mass is 403 g/mol. The van der Waals surface area contributed by atoms with E-state index in [1.807, 2.05) is 13.8 Å². The minimum atomic E-state index is -0.791. The van der Waals surface area contributed by atoms with Crippen molar-refractivity contribution in [3.05, 3.63) is 10.4 Å². The molecule has 0 aliphatic rings. The molecular formula is C17H33N5O6. The van der Waals surface area contributed by atoms with Crippen LogP contribution in [0.4, 0.5) is 0 Å². The maximum Gasteiger partial charge on any atom is 0.322 e. The predicted octanol–water partition coefficient (Wildman–Crippen LogP) is 0.769. The van der Waals surface area contributed by atoms with Gasteiger partial charge >= 0.3 is 5.97 Å². The van der Waals surface area contributed by atoms with Gasteiger partial charge in [-0.15, -0.1) is 0 Å². The molecule has 3 N–H and O–H groups in total.